The standard InChI is InChI=1S/C17H12ClFN2O/c18-10-6-14-11(15(19)7-10)4-5-12(14)16-9(8-20)2-1-3-13(16)17(21)22/h1-3,6-7,12H,4-5H2,(H2,21,22)/t12-/m1/s1. The summed E-state index contributed by atoms with van der Waals surface area (Å²) >= 11 is 5.96. The highest BCUT2D eigenvalue weighted by molar-refractivity contribution is 6.30. The number of rotatable bonds is 2. The summed E-state index contributed by atoms with van der Waals surface area (Å²) in [5.74, 6) is -1.19. The largest absolute Gasteiger partial charge is 0.366 e. The van der Waals surface area contributed by atoms with Crippen molar-refractivity contribution < 1.29 is 9.18 Å². The van der Waals surface area contributed by atoms with Gasteiger partial charge in [0.2, 0.25) is 5.91 Å². The van der Waals surface area contributed by atoms with Crippen molar-refractivity contribution in [2.24, 2.45) is 5.73 Å². The summed E-state index contributed by atoms with van der Waals surface area (Å²) in [6.07, 6.45) is 1.16. The molecule has 1 aliphatic rings. The number of hydrogen-bond donors (Lipinski definition) is 1. The number of amides is 1. The topological polar surface area (TPSA) is 66.9 Å². The molecule has 1 atom stereocenters. The van der Waals surface area contributed by atoms with Crippen LogP contribution in [0.1, 0.15) is 45.0 Å². The van der Waals surface area contributed by atoms with Gasteiger partial charge in [-0.25, -0.2) is 4.39 Å². The number of hydrogen-bond acceptors (Lipinski definition) is 2. The molecule has 0 saturated heterocycles. The number of carbonyl (C=O) groups is 1. The van der Waals surface area contributed by atoms with Gasteiger partial charge >= 0.3 is 0 Å². The van der Waals surface area contributed by atoms with Gasteiger partial charge in [0.15, 0.2) is 0 Å². The van der Waals surface area contributed by atoms with Crippen LogP contribution in [0.4, 0.5) is 4.39 Å². The van der Waals surface area contributed by atoms with Gasteiger partial charge in [0.25, 0.3) is 0 Å². The minimum Gasteiger partial charge on any atom is -0.366 e. The Morgan fingerprint density at radius 2 is 2.18 bits per heavy atom. The first-order valence-corrected chi connectivity index (χ1v) is 7.21. The summed E-state index contributed by atoms with van der Waals surface area (Å²) in [6, 6.07) is 9.94. The van der Waals surface area contributed by atoms with Gasteiger partial charge < -0.3 is 5.73 Å². The van der Waals surface area contributed by atoms with E-state index in [0.29, 0.717) is 40.1 Å². The Hall–Kier alpha value is -2.38. The molecule has 0 aliphatic heterocycles. The zero-order chi connectivity index (χ0) is 15.9. The molecule has 3 nitrogen and oxygen atoms in total. The molecule has 0 spiro atoms. The lowest BCUT2D eigenvalue weighted by molar-refractivity contribution is 0.0999. The van der Waals surface area contributed by atoms with Gasteiger partial charge in [0.05, 0.1) is 11.6 Å². The molecule has 2 aromatic carbocycles. The van der Waals surface area contributed by atoms with Crippen molar-refractivity contribution in [1.29, 1.82) is 5.26 Å². The Kier molecular flexibility index (Phi) is 3.59. The van der Waals surface area contributed by atoms with Crippen LogP contribution in [0.15, 0.2) is 30.3 Å². The van der Waals surface area contributed by atoms with Crippen molar-refractivity contribution in [2.45, 2.75) is 18.8 Å². The predicted octanol–water partition coefficient (Wildman–Crippen LogP) is 3.53. The molecule has 0 radical (unpaired) electrons. The first-order valence-electron chi connectivity index (χ1n) is 6.83. The van der Waals surface area contributed by atoms with Gasteiger partial charge in [-0.3, -0.25) is 4.79 Å². The molecule has 0 bridgehead atoms. The average Bonchev–Trinajstić information content (AvgIpc) is 2.89. The first kappa shape index (κ1) is 14.6. The average molecular weight is 315 g/mol. The molecule has 110 valence electrons. The number of nitrogens with zero attached hydrogens (tertiary/aromatic N) is 1. The molecule has 2 N–H and O–H groups in total. The Bertz CT molecular complexity index is 826. The summed E-state index contributed by atoms with van der Waals surface area (Å²) in [7, 11) is 0. The maximum atomic E-state index is 14.0. The number of halogens is 2. The molecule has 0 heterocycles. The van der Waals surface area contributed by atoms with E-state index < -0.39 is 5.91 Å². The van der Waals surface area contributed by atoms with Crippen molar-refractivity contribution in [1.82, 2.24) is 0 Å². The lowest BCUT2D eigenvalue weighted by Crippen LogP contribution is -2.16. The van der Waals surface area contributed by atoms with Gasteiger partial charge in [0, 0.05) is 16.5 Å². The third kappa shape index (κ3) is 2.24. The fraction of sp³-hybridized carbons (Fsp3) is 0.176. The Morgan fingerprint density at radius 1 is 1.41 bits per heavy atom. The van der Waals surface area contributed by atoms with E-state index in [1.807, 2.05) is 0 Å². The molecule has 1 aliphatic carbocycles. The highest BCUT2D eigenvalue weighted by atomic mass is 35.5. The molecule has 5 heteroatoms. The molecule has 0 fully saturated rings. The zero-order valence-electron chi connectivity index (χ0n) is 11.6. The number of nitriles is 1. The van der Waals surface area contributed by atoms with Crippen LogP contribution in [0.3, 0.4) is 0 Å². The molecule has 0 saturated carbocycles. The smallest absolute Gasteiger partial charge is 0.249 e. The van der Waals surface area contributed by atoms with Gasteiger partial charge in [0.1, 0.15) is 5.82 Å². The van der Waals surface area contributed by atoms with Gasteiger partial charge in [-0.05, 0) is 53.8 Å². The molecular formula is C17H12ClFN2O. The van der Waals surface area contributed by atoms with Crippen molar-refractivity contribution in [2.75, 3.05) is 0 Å². The molecule has 3 rings (SSSR count). The Labute approximate surface area is 132 Å². The quantitative estimate of drug-likeness (QED) is 0.921. The summed E-state index contributed by atoms with van der Waals surface area (Å²) in [5.41, 5.74) is 8.02. The second kappa shape index (κ2) is 5.43. The monoisotopic (exact) mass is 314 g/mol. The fourth-order valence-corrected chi connectivity index (χ4v) is 3.41. The second-order valence-electron chi connectivity index (χ2n) is 5.29. The minimum absolute atomic E-state index is 0.249. The Morgan fingerprint density at radius 3 is 2.86 bits per heavy atom. The molecule has 0 unspecified atom stereocenters. The lowest BCUT2D eigenvalue weighted by Gasteiger charge is -2.17. The second-order valence-corrected chi connectivity index (χ2v) is 5.73. The van der Waals surface area contributed by atoms with Crippen LogP contribution in [0.25, 0.3) is 0 Å². The van der Waals surface area contributed by atoms with Crippen molar-refractivity contribution in [3.05, 3.63) is 69.0 Å². The van der Waals surface area contributed by atoms with Crippen LogP contribution >= 0.6 is 11.6 Å². The summed E-state index contributed by atoms with van der Waals surface area (Å²) < 4.78 is 14.0. The highest BCUT2D eigenvalue weighted by Crippen LogP contribution is 2.42. The van der Waals surface area contributed by atoms with E-state index in [2.05, 4.69) is 6.07 Å². The highest BCUT2D eigenvalue weighted by Gasteiger charge is 2.31. The maximum Gasteiger partial charge on any atom is 0.249 e. The normalized spacial score (nSPS) is 16.1. The number of carbonyl (C=O) groups excluding carboxylic acids is 1. The van der Waals surface area contributed by atoms with Gasteiger partial charge in [-0.15, -0.1) is 0 Å². The van der Waals surface area contributed by atoms with Crippen molar-refractivity contribution in [3.63, 3.8) is 0 Å². The third-order valence-electron chi connectivity index (χ3n) is 4.09. The van der Waals surface area contributed by atoms with E-state index in [9.17, 15) is 14.4 Å². The minimum atomic E-state index is -0.594. The van der Waals surface area contributed by atoms with Crippen LogP contribution in [-0.2, 0) is 6.42 Å². The number of primary amides is 1. The predicted molar refractivity (Wildman–Crippen MR) is 81.2 cm³/mol. The zero-order valence-corrected chi connectivity index (χ0v) is 12.3. The van der Waals surface area contributed by atoms with E-state index in [1.54, 1.807) is 24.3 Å². The van der Waals surface area contributed by atoms with E-state index in [0.717, 1.165) is 5.56 Å². The lowest BCUT2D eigenvalue weighted by atomic mass is 9.86. The van der Waals surface area contributed by atoms with E-state index in [-0.39, 0.29) is 11.7 Å². The van der Waals surface area contributed by atoms with Crippen LogP contribution in [0, 0.1) is 17.1 Å². The maximum absolute atomic E-state index is 14.0. The van der Waals surface area contributed by atoms with Crippen LogP contribution < -0.4 is 5.73 Å². The number of fused-ring (bicyclic) bond motifs is 1. The first-order chi connectivity index (χ1) is 10.5. The Balaban J connectivity index is 2.25. The SMILES string of the molecule is N#Cc1cccc(C(N)=O)c1[C@@H]1CCc2c(F)cc(Cl)cc21. The van der Waals surface area contributed by atoms with Crippen molar-refractivity contribution in [3.8, 4) is 6.07 Å². The van der Waals surface area contributed by atoms with Crippen LogP contribution in [0.2, 0.25) is 5.02 Å². The fourth-order valence-electron chi connectivity index (χ4n) is 3.20. The summed E-state index contributed by atoms with van der Waals surface area (Å²) in [5, 5.41) is 9.64. The number of benzene rings is 2. The molecule has 22 heavy (non-hydrogen) atoms. The van der Waals surface area contributed by atoms with Crippen molar-refractivity contribution >= 4 is 17.5 Å². The molecule has 0 aromatic heterocycles. The number of nitrogens with two attached hydrogens (primary N) is 1. The van der Waals surface area contributed by atoms with Crippen LogP contribution in [-0.4, -0.2) is 5.91 Å². The van der Waals surface area contributed by atoms with E-state index in [1.165, 1.54) is 6.07 Å². The van der Waals surface area contributed by atoms with Gasteiger partial charge in [-0.1, -0.05) is 17.7 Å². The molecular weight excluding hydrogens is 303 g/mol. The van der Waals surface area contributed by atoms with E-state index in [4.69, 9.17) is 17.3 Å². The van der Waals surface area contributed by atoms with E-state index >= 15 is 0 Å². The molecule has 1 amide bonds. The summed E-state index contributed by atoms with van der Waals surface area (Å²) in [4.78, 5) is 11.7. The summed E-state index contributed by atoms with van der Waals surface area (Å²) in [6.45, 7) is 0. The van der Waals surface area contributed by atoms with Crippen LogP contribution in [0.5, 0.6) is 0 Å². The van der Waals surface area contributed by atoms with Gasteiger partial charge in [-0.2, -0.15) is 5.26 Å². The molecule has 2 aromatic rings. The third-order valence-corrected chi connectivity index (χ3v) is 4.31.